The number of methoxy groups -OCH3 is 1. The Labute approximate surface area is 199 Å². The Morgan fingerprint density at radius 1 is 1.12 bits per heavy atom. The topological polar surface area (TPSA) is 68.5 Å². The molecule has 1 aromatic carbocycles. The van der Waals surface area contributed by atoms with Crippen molar-refractivity contribution in [3.8, 4) is 17.1 Å². The third-order valence-corrected chi connectivity index (χ3v) is 6.32. The van der Waals surface area contributed by atoms with Crippen LogP contribution in [0.25, 0.3) is 22.6 Å². The van der Waals surface area contributed by atoms with E-state index >= 15 is 0 Å². The number of piperazine rings is 1. The highest BCUT2D eigenvalue weighted by Crippen LogP contribution is 2.37. The number of imidazole rings is 1. The lowest BCUT2D eigenvalue weighted by Crippen LogP contribution is -2.47. The molecule has 2 aromatic heterocycles. The predicted octanol–water partition coefficient (Wildman–Crippen LogP) is 3.29. The van der Waals surface area contributed by atoms with E-state index in [2.05, 4.69) is 14.4 Å². The first-order chi connectivity index (χ1) is 15.7. The molecule has 33 heavy (non-hydrogen) atoms. The molecule has 5 rings (SSSR count). The van der Waals surface area contributed by atoms with Crippen LogP contribution in [0.5, 0.6) is 5.75 Å². The zero-order chi connectivity index (χ0) is 22.1. The van der Waals surface area contributed by atoms with E-state index in [9.17, 15) is 4.39 Å². The number of ether oxygens (including phenoxy) is 2. The molecule has 2 fully saturated rings. The maximum absolute atomic E-state index is 12.8. The van der Waals surface area contributed by atoms with Gasteiger partial charge in [-0.15, -0.1) is 12.4 Å². The number of rotatable bonds is 6. The van der Waals surface area contributed by atoms with Gasteiger partial charge in [-0.2, -0.15) is 0 Å². The van der Waals surface area contributed by atoms with Gasteiger partial charge in [0.25, 0.3) is 0 Å². The number of halogens is 2. The van der Waals surface area contributed by atoms with Crippen molar-refractivity contribution >= 4 is 29.4 Å². The second-order valence-electron chi connectivity index (χ2n) is 8.31. The minimum Gasteiger partial charge on any atom is -0.496 e. The quantitative estimate of drug-likeness (QED) is 0.540. The molecule has 0 radical (unpaired) electrons. The zero-order valence-corrected chi connectivity index (χ0v) is 19.9. The summed E-state index contributed by atoms with van der Waals surface area (Å²) in [6.45, 7) is 6.65. The molecule has 0 unspecified atom stereocenters. The molecule has 2 aliphatic rings. The Kier molecular flexibility index (Phi) is 7.31. The van der Waals surface area contributed by atoms with E-state index in [-0.39, 0.29) is 25.1 Å². The largest absolute Gasteiger partial charge is 0.496 e. The number of nitrogens with zero attached hydrogens (tertiary/aromatic N) is 6. The monoisotopic (exact) mass is 476 g/mol. The fourth-order valence-electron chi connectivity index (χ4n) is 4.68. The molecule has 2 saturated heterocycles. The standard InChI is InChI=1S/C23H29FN6O2.ClH/c1-16-25-22(29-12-10-28(9-8-24)11-13-29)20-23(26-16)30(17-7-14-32-15-17)21(27-20)18-5-3-4-6-19(18)31-2;/h3-6,17H,7-15H2,1-2H3;1H/t17-;/m1./s1. The van der Waals surface area contributed by atoms with Gasteiger partial charge < -0.3 is 18.9 Å². The zero-order valence-electron chi connectivity index (χ0n) is 19.0. The summed E-state index contributed by atoms with van der Waals surface area (Å²) in [7, 11) is 1.68. The number of aryl methyl sites for hydroxylation is 1. The van der Waals surface area contributed by atoms with E-state index in [1.165, 1.54) is 0 Å². The number of hydrogen-bond donors (Lipinski definition) is 0. The van der Waals surface area contributed by atoms with Crippen molar-refractivity contribution in [1.29, 1.82) is 0 Å². The first-order valence-electron chi connectivity index (χ1n) is 11.2. The van der Waals surface area contributed by atoms with Crippen LogP contribution in [0.1, 0.15) is 18.3 Å². The van der Waals surface area contributed by atoms with Crippen molar-refractivity contribution in [1.82, 2.24) is 24.4 Å². The average molecular weight is 477 g/mol. The van der Waals surface area contributed by atoms with Crippen molar-refractivity contribution < 1.29 is 13.9 Å². The van der Waals surface area contributed by atoms with Crippen LogP contribution in [0.4, 0.5) is 10.2 Å². The third-order valence-electron chi connectivity index (χ3n) is 6.32. The molecule has 3 aromatic rings. The highest BCUT2D eigenvalue weighted by molar-refractivity contribution is 5.88. The van der Waals surface area contributed by atoms with E-state index in [1.807, 2.05) is 31.2 Å². The molecule has 10 heteroatoms. The predicted molar refractivity (Wildman–Crippen MR) is 128 cm³/mol. The normalized spacial score (nSPS) is 19.1. The third kappa shape index (κ3) is 4.49. The Morgan fingerprint density at radius 3 is 2.61 bits per heavy atom. The van der Waals surface area contributed by atoms with Crippen molar-refractivity contribution in [2.45, 2.75) is 19.4 Å². The SMILES string of the molecule is COc1ccccc1-c1nc2c(N3CCN(CCF)CC3)nc(C)nc2n1[C@@H]1CCOC1.Cl. The molecule has 2 aliphatic heterocycles. The fraction of sp³-hybridized carbons (Fsp3) is 0.522. The Balaban J connectivity index is 0.00000259. The maximum Gasteiger partial charge on any atom is 0.166 e. The lowest BCUT2D eigenvalue weighted by molar-refractivity contribution is 0.187. The molecule has 178 valence electrons. The van der Waals surface area contributed by atoms with Gasteiger partial charge in [0.15, 0.2) is 17.0 Å². The fourth-order valence-corrected chi connectivity index (χ4v) is 4.68. The second-order valence-corrected chi connectivity index (χ2v) is 8.31. The highest BCUT2D eigenvalue weighted by atomic mass is 35.5. The smallest absolute Gasteiger partial charge is 0.166 e. The summed E-state index contributed by atoms with van der Waals surface area (Å²) in [6, 6.07) is 8.09. The molecule has 0 bridgehead atoms. The first-order valence-corrected chi connectivity index (χ1v) is 11.2. The number of benzene rings is 1. The van der Waals surface area contributed by atoms with Crippen LogP contribution in [-0.2, 0) is 4.74 Å². The van der Waals surface area contributed by atoms with Crippen LogP contribution in [0, 0.1) is 6.92 Å². The average Bonchev–Trinajstić information content (AvgIpc) is 3.47. The summed E-state index contributed by atoms with van der Waals surface area (Å²) < 4.78 is 26.3. The minimum atomic E-state index is -0.313. The van der Waals surface area contributed by atoms with Crippen LogP contribution < -0.4 is 9.64 Å². The van der Waals surface area contributed by atoms with E-state index in [0.29, 0.717) is 19.0 Å². The van der Waals surface area contributed by atoms with Crippen LogP contribution in [0.15, 0.2) is 24.3 Å². The summed E-state index contributed by atoms with van der Waals surface area (Å²) in [5.41, 5.74) is 2.55. The molecule has 0 saturated carbocycles. The number of anilines is 1. The molecule has 0 spiro atoms. The van der Waals surface area contributed by atoms with Gasteiger partial charge in [0.05, 0.1) is 25.3 Å². The summed E-state index contributed by atoms with van der Waals surface area (Å²) in [4.78, 5) is 19.1. The van der Waals surface area contributed by atoms with Crippen LogP contribution in [0.3, 0.4) is 0 Å². The van der Waals surface area contributed by atoms with Gasteiger partial charge in [-0.3, -0.25) is 4.90 Å². The first kappa shape index (κ1) is 23.7. The van der Waals surface area contributed by atoms with E-state index < -0.39 is 0 Å². The number of fused-ring (bicyclic) bond motifs is 1. The van der Waals surface area contributed by atoms with Crippen LogP contribution in [0.2, 0.25) is 0 Å². The van der Waals surface area contributed by atoms with Gasteiger partial charge >= 0.3 is 0 Å². The number of para-hydroxylation sites is 1. The Hall–Kier alpha value is -2.49. The van der Waals surface area contributed by atoms with Crippen molar-refractivity contribution in [3.63, 3.8) is 0 Å². The van der Waals surface area contributed by atoms with Gasteiger partial charge in [0.2, 0.25) is 0 Å². The van der Waals surface area contributed by atoms with E-state index in [0.717, 1.165) is 73.3 Å². The number of hydrogen-bond acceptors (Lipinski definition) is 7. The van der Waals surface area contributed by atoms with Gasteiger partial charge in [0, 0.05) is 39.3 Å². The number of alkyl halides is 1. The van der Waals surface area contributed by atoms with E-state index in [4.69, 9.17) is 24.4 Å². The molecular weight excluding hydrogens is 447 g/mol. The molecule has 8 nitrogen and oxygen atoms in total. The summed E-state index contributed by atoms with van der Waals surface area (Å²) in [5.74, 6) is 3.16. The molecule has 4 heterocycles. The summed E-state index contributed by atoms with van der Waals surface area (Å²) in [6.07, 6.45) is 0.911. The van der Waals surface area contributed by atoms with Crippen molar-refractivity contribution in [2.75, 3.05) is 64.6 Å². The molecular formula is C23H30ClFN6O2. The lowest BCUT2D eigenvalue weighted by Gasteiger charge is -2.35. The van der Waals surface area contributed by atoms with E-state index in [1.54, 1.807) is 7.11 Å². The van der Waals surface area contributed by atoms with Gasteiger partial charge in [-0.05, 0) is 25.5 Å². The molecule has 0 amide bonds. The minimum absolute atomic E-state index is 0. The van der Waals surface area contributed by atoms with Crippen molar-refractivity contribution in [2.24, 2.45) is 0 Å². The summed E-state index contributed by atoms with van der Waals surface area (Å²) >= 11 is 0. The second kappa shape index (κ2) is 10.2. The van der Waals surface area contributed by atoms with Crippen LogP contribution in [-0.4, -0.2) is 84.1 Å². The maximum atomic E-state index is 12.8. The number of aromatic nitrogens is 4. The summed E-state index contributed by atoms with van der Waals surface area (Å²) in [5, 5.41) is 0. The molecule has 0 aliphatic carbocycles. The van der Waals surface area contributed by atoms with Crippen LogP contribution >= 0.6 is 12.4 Å². The van der Waals surface area contributed by atoms with Crippen molar-refractivity contribution in [3.05, 3.63) is 30.1 Å². The molecule has 1 atom stereocenters. The molecule has 0 N–H and O–H groups in total. The highest BCUT2D eigenvalue weighted by Gasteiger charge is 2.29. The van der Waals surface area contributed by atoms with Gasteiger partial charge in [-0.1, -0.05) is 12.1 Å². The van der Waals surface area contributed by atoms with Gasteiger partial charge in [0.1, 0.15) is 24.1 Å². The Morgan fingerprint density at radius 2 is 1.91 bits per heavy atom. The Bertz CT molecular complexity index is 1100. The lowest BCUT2D eigenvalue weighted by atomic mass is 10.1. The van der Waals surface area contributed by atoms with Gasteiger partial charge in [-0.25, -0.2) is 19.3 Å².